The molecule has 2 aromatic carbocycles. The summed E-state index contributed by atoms with van der Waals surface area (Å²) in [4.78, 5) is 10.9. The molecular formula is C26H28F2N4O6. The SMILES string of the molecule is COCCOCn1nnnc1C(/C=C/C(O)CC(O)CC(=O)O)=C(c1ccc(F)cc1)c1ccc(F)cc1. The highest BCUT2D eigenvalue weighted by molar-refractivity contribution is 6.00. The second-order valence-corrected chi connectivity index (χ2v) is 8.25. The molecule has 0 fully saturated rings. The Morgan fingerprint density at radius 1 is 1.03 bits per heavy atom. The monoisotopic (exact) mass is 530 g/mol. The second-order valence-electron chi connectivity index (χ2n) is 8.25. The summed E-state index contributed by atoms with van der Waals surface area (Å²) in [5.41, 5.74) is 1.96. The number of tetrazole rings is 1. The molecule has 0 saturated heterocycles. The Hall–Kier alpha value is -3.84. The molecule has 1 aromatic heterocycles. The van der Waals surface area contributed by atoms with Crippen LogP contribution in [0.1, 0.15) is 29.8 Å². The zero-order chi connectivity index (χ0) is 27.5. The van der Waals surface area contributed by atoms with E-state index in [0.717, 1.165) is 0 Å². The summed E-state index contributed by atoms with van der Waals surface area (Å²) in [6, 6.07) is 11.2. The van der Waals surface area contributed by atoms with Crippen LogP contribution in [0.3, 0.4) is 0 Å². The molecule has 10 nitrogen and oxygen atoms in total. The van der Waals surface area contributed by atoms with Gasteiger partial charge in [0.2, 0.25) is 0 Å². The van der Waals surface area contributed by atoms with E-state index in [0.29, 0.717) is 28.9 Å². The maximum atomic E-state index is 13.8. The number of aliphatic carboxylic acids is 1. The Morgan fingerprint density at radius 2 is 1.63 bits per heavy atom. The maximum absolute atomic E-state index is 13.8. The van der Waals surface area contributed by atoms with Crippen molar-refractivity contribution in [2.45, 2.75) is 31.8 Å². The lowest BCUT2D eigenvalue weighted by Gasteiger charge is -2.16. The van der Waals surface area contributed by atoms with Crippen LogP contribution >= 0.6 is 0 Å². The number of carboxylic acids is 1. The highest BCUT2D eigenvalue weighted by Gasteiger charge is 2.20. The Kier molecular flexibility index (Phi) is 10.7. The molecule has 0 radical (unpaired) electrons. The van der Waals surface area contributed by atoms with E-state index in [1.54, 1.807) is 0 Å². The van der Waals surface area contributed by atoms with Gasteiger partial charge in [0.05, 0.1) is 31.8 Å². The second kappa shape index (κ2) is 14.2. The van der Waals surface area contributed by atoms with Crippen LogP contribution in [0.25, 0.3) is 11.1 Å². The molecular weight excluding hydrogens is 502 g/mol. The number of aliphatic hydroxyl groups excluding tert-OH is 2. The number of carboxylic acid groups (broad SMARTS) is 1. The summed E-state index contributed by atoms with van der Waals surface area (Å²) in [7, 11) is 1.54. The van der Waals surface area contributed by atoms with Crippen molar-refractivity contribution in [3.05, 3.63) is 89.3 Å². The average Bonchev–Trinajstić information content (AvgIpc) is 3.33. The molecule has 0 aliphatic heterocycles. The van der Waals surface area contributed by atoms with E-state index in [2.05, 4.69) is 15.5 Å². The van der Waals surface area contributed by atoms with E-state index in [-0.39, 0.29) is 25.6 Å². The first-order valence-electron chi connectivity index (χ1n) is 11.6. The maximum Gasteiger partial charge on any atom is 0.305 e. The zero-order valence-electron chi connectivity index (χ0n) is 20.6. The molecule has 0 spiro atoms. The molecule has 0 aliphatic carbocycles. The van der Waals surface area contributed by atoms with Gasteiger partial charge in [0.25, 0.3) is 0 Å². The average molecular weight is 531 g/mol. The summed E-state index contributed by atoms with van der Waals surface area (Å²) in [5, 5.41) is 41.1. The fourth-order valence-electron chi connectivity index (χ4n) is 3.61. The fraction of sp³-hybridized carbons (Fsp3) is 0.308. The van der Waals surface area contributed by atoms with Gasteiger partial charge in [-0.15, -0.1) is 5.10 Å². The summed E-state index contributed by atoms with van der Waals surface area (Å²) in [6.45, 7) is 0.581. The Labute approximate surface area is 217 Å². The normalized spacial score (nSPS) is 13.0. The first-order valence-corrected chi connectivity index (χ1v) is 11.6. The molecule has 2 unspecified atom stereocenters. The largest absolute Gasteiger partial charge is 0.481 e. The summed E-state index contributed by atoms with van der Waals surface area (Å²) in [6.07, 6.45) is -0.377. The standard InChI is InChI=1S/C26H28F2N4O6/c1-37-12-13-38-16-32-26(29-30-31-32)23(11-10-21(33)14-22(34)15-24(35)36)25(17-2-6-19(27)7-3-17)18-4-8-20(28)9-5-18/h2-11,21-22,33-34H,12-16H2,1H3,(H,35,36)/b11-10+. The van der Waals surface area contributed by atoms with E-state index in [9.17, 15) is 23.8 Å². The van der Waals surface area contributed by atoms with Crippen LogP contribution in [-0.2, 0) is 21.0 Å². The lowest BCUT2D eigenvalue weighted by atomic mass is 9.91. The Morgan fingerprint density at radius 3 is 2.18 bits per heavy atom. The van der Waals surface area contributed by atoms with Crippen LogP contribution in [-0.4, -0.2) is 74.0 Å². The van der Waals surface area contributed by atoms with Crippen LogP contribution < -0.4 is 0 Å². The van der Waals surface area contributed by atoms with Crippen LogP contribution in [0, 0.1) is 11.6 Å². The summed E-state index contributed by atoms with van der Waals surface area (Å²) in [5.74, 6) is -1.88. The number of nitrogens with zero attached hydrogens (tertiary/aromatic N) is 4. The van der Waals surface area contributed by atoms with Crippen LogP contribution in [0.2, 0.25) is 0 Å². The number of aliphatic hydroxyl groups is 2. The van der Waals surface area contributed by atoms with E-state index in [1.165, 1.54) is 72.5 Å². The molecule has 12 heteroatoms. The lowest BCUT2D eigenvalue weighted by Crippen LogP contribution is -2.19. The van der Waals surface area contributed by atoms with Gasteiger partial charge < -0.3 is 24.8 Å². The number of allylic oxidation sites excluding steroid dienone is 2. The molecule has 0 amide bonds. The molecule has 0 bridgehead atoms. The number of benzene rings is 2. The van der Waals surface area contributed by atoms with Crippen LogP contribution in [0.15, 0.2) is 60.7 Å². The van der Waals surface area contributed by atoms with Gasteiger partial charge in [-0.3, -0.25) is 4.79 Å². The van der Waals surface area contributed by atoms with Gasteiger partial charge in [-0.25, -0.2) is 8.78 Å². The number of rotatable bonds is 14. The number of ether oxygens (including phenoxy) is 2. The van der Waals surface area contributed by atoms with Gasteiger partial charge in [-0.05, 0) is 51.4 Å². The minimum atomic E-state index is -1.27. The third kappa shape index (κ3) is 8.35. The van der Waals surface area contributed by atoms with Crippen molar-refractivity contribution in [2.75, 3.05) is 20.3 Å². The van der Waals surface area contributed by atoms with E-state index >= 15 is 0 Å². The number of hydrogen-bond acceptors (Lipinski definition) is 8. The predicted octanol–water partition coefficient (Wildman–Crippen LogP) is 2.67. The Balaban J connectivity index is 2.13. The van der Waals surface area contributed by atoms with Crippen LogP contribution in [0.4, 0.5) is 8.78 Å². The number of hydrogen-bond donors (Lipinski definition) is 3. The quantitative estimate of drug-likeness (QED) is 0.212. The number of carbonyl (C=O) groups is 1. The van der Waals surface area contributed by atoms with Crippen molar-refractivity contribution in [2.24, 2.45) is 0 Å². The van der Waals surface area contributed by atoms with Gasteiger partial charge in [0.1, 0.15) is 18.4 Å². The minimum Gasteiger partial charge on any atom is -0.481 e. The molecule has 202 valence electrons. The lowest BCUT2D eigenvalue weighted by molar-refractivity contribution is -0.139. The summed E-state index contributed by atoms with van der Waals surface area (Å²) < 4.78 is 39.4. The number of halogens is 2. The molecule has 3 N–H and O–H groups in total. The fourth-order valence-corrected chi connectivity index (χ4v) is 3.61. The van der Waals surface area contributed by atoms with E-state index < -0.39 is 36.2 Å². The smallest absolute Gasteiger partial charge is 0.305 e. The van der Waals surface area contributed by atoms with Gasteiger partial charge in [0, 0.05) is 19.1 Å². The molecule has 38 heavy (non-hydrogen) atoms. The molecule has 2 atom stereocenters. The minimum absolute atomic E-state index is 0.0387. The first-order chi connectivity index (χ1) is 18.3. The number of methoxy groups -OCH3 is 1. The predicted molar refractivity (Wildman–Crippen MR) is 132 cm³/mol. The van der Waals surface area contributed by atoms with Crippen molar-refractivity contribution >= 4 is 17.1 Å². The summed E-state index contributed by atoms with van der Waals surface area (Å²) >= 11 is 0. The molecule has 0 saturated carbocycles. The first kappa shape index (κ1) is 28.7. The topological polar surface area (TPSA) is 140 Å². The zero-order valence-corrected chi connectivity index (χ0v) is 20.6. The van der Waals surface area contributed by atoms with Crippen molar-refractivity contribution in [1.82, 2.24) is 20.2 Å². The van der Waals surface area contributed by atoms with Gasteiger partial charge in [-0.1, -0.05) is 36.4 Å². The molecule has 0 aliphatic rings. The highest BCUT2D eigenvalue weighted by Crippen LogP contribution is 2.33. The molecule has 3 rings (SSSR count). The van der Waals surface area contributed by atoms with Crippen molar-refractivity contribution < 1.29 is 38.4 Å². The van der Waals surface area contributed by atoms with Crippen LogP contribution in [0.5, 0.6) is 0 Å². The van der Waals surface area contributed by atoms with Crippen molar-refractivity contribution in [1.29, 1.82) is 0 Å². The Bertz CT molecular complexity index is 1200. The third-order valence-corrected chi connectivity index (χ3v) is 5.36. The van der Waals surface area contributed by atoms with Gasteiger partial charge in [-0.2, -0.15) is 4.68 Å². The van der Waals surface area contributed by atoms with Crippen molar-refractivity contribution in [3.63, 3.8) is 0 Å². The van der Waals surface area contributed by atoms with E-state index in [4.69, 9.17) is 14.6 Å². The van der Waals surface area contributed by atoms with Gasteiger partial charge >= 0.3 is 5.97 Å². The van der Waals surface area contributed by atoms with Crippen molar-refractivity contribution in [3.8, 4) is 0 Å². The highest BCUT2D eigenvalue weighted by atomic mass is 19.1. The molecule has 3 aromatic rings. The van der Waals surface area contributed by atoms with E-state index in [1.807, 2.05) is 0 Å². The van der Waals surface area contributed by atoms with Gasteiger partial charge in [0.15, 0.2) is 5.82 Å². The third-order valence-electron chi connectivity index (χ3n) is 5.36. The number of aromatic nitrogens is 4. The molecule has 1 heterocycles.